The van der Waals surface area contributed by atoms with Crippen LogP contribution in [0, 0.1) is 6.92 Å². The highest BCUT2D eigenvalue weighted by atomic mass is 32.2. The first kappa shape index (κ1) is 29.7. The molecule has 0 heterocycles. The maximum absolute atomic E-state index is 13.9. The number of rotatable bonds is 12. The second-order valence-corrected chi connectivity index (χ2v) is 11.4. The third kappa shape index (κ3) is 7.60. The van der Waals surface area contributed by atoms with Gasteiger partial charge >= 0.3 is 0 Å². The summed E-state index contributed by atoms with van der Waals surface area (Å²) in [5.41, 5.74) is 2.01. The number of carbonyl (C=O) groups excluding carboxylic acids is 2. The molecule has 3 rings (SSSR count). The lowest BCUT2D eigenvalue weighted by Gasteiger charge is -2.32. The van der Waals surface area contributed by atoms with Crippen molar-refractivity contribution in [3.8, 4) is 5.75 Å². The summed E-state index contributed by atoms with van der Waals surface area (Å²) in [6.45, 7) is 7.02. The van der Waals surface area contributed by atoms with Crippen LogP contribution in [-0.4, -0.2) is 50.9 Å². The summed E-state index contributed by atoms with van der Waals surface area (Å²) in [4.78, 5) is 28.5. The van der Waals surface area contributed by atoms with Gasteiger partial charge in [-0.05, 0) is 57.0 Å². The van der Waals surface area contributed by atoms with Gasteiger partial charge < -0.3 is 15.0 Å². The molecule has 0 saturated carbocycles. The van der Waals surface area contributed by atoms with Gasteiger partial charge in [0.05, 0.1) is 17.7 Å². The predicted molar refractivity (Wildman–Crippen MR) is 153 cm³/mol. The predicted octanol–water partition coefficient (Wildman–Crippen LogP) is 4.53. The SMILES string of the molecule is CC[C@H](C)NC(=O)[C@H](C)N(Cc1ccccc1)C(=O)CN(c1cccc(OC)c1)S(=O)(=O)c1ccc(C)cc1. The zero-order valence-corrected chi connectivity index (χ0v) is 23.9. The summed E-state index contributed by atoms with van der Waals surface area (Å²) in [6, 6.07) is 21.4. The van der Waals surface area contributed by atoms with Gasteiger partial charge in [0, 0.05) is 18.7 Å². The molecular formula is C30H37N3O5S. The Morgan fingerprint density at radius 3 is 2.23 bits per heavy atom. The van der Waals surface area contributed by atoms with Crippen LogP contribution in [0.4, 0.5) is 5.69 Å². The summed E-state index contributed by atoms with van der Waals surface area (Å²) in [5.74, 6) is -0.362. The van der Waals surface area contributed by atoms with Crippen LogP contribution >= 0.6 is 0 Å². The van der Waals surface area contributed by atoms with Crippen molar-refractivity contribution in [3.05, 3.63) is 90.0 Å². The number of hydrogen-bond acceptors (Lipinski definition) is 5. The number of benzene rings is 3. The van der Waals surface area contributed by atoms with Crippen LogP contribution < -0.4 is 14.4 Å². The van der Waals surface area contributed by atoms with E-state index in [-0.39, 0.29) is 29.1 Å². The highest BCUT2D eigenvalue weighted by Crippen LogP contribution is 2.28. The quantitative estimate of drug-likeness (QED) is 0.357. The molecule has 0 aliphatic rings. The highest BCUT2D eigenvalue weighted by molar-refractivity contribution is 7.92. The minimum Gasteiger partial charge on any atom is -0.497 e. The van der Waals surface area contributed by atoms with E-state index in [4.69, 9.17) is 4.74 Å². The first-order valence-corrected chi connectivity index (χ1v) is 14.4. The number of amides is 2. The minimum atomic E-state index is -4.14. The van der Waals surface area contributed by atoms with Crippen molar-refractivity contribution in [1.82, 2.24) is 10.2 Å². The average molecular weight is 552 g/mol. The molecule has 0 fully saturated rings. The maximum Gasteiger partial charge on any atom is 0.264 e. The van der Waals surface area contributed by atoms with Crippen molar-refractivity contribution < 1.29 is 22.7 Å². The van der Waals surface area contributed by atoms with Gasteiger partial charge in [-0.15, -0.1) is 0 Å². The highest BCUT2D eigenvalue weighted by Gasteiger charge is 2.33. The number of anilines is 1. The van der Waals surface area contributed by atoms with E-state index in [0.717, 1.165) is 21.9 Å². The number of hydrogen-bond donors (Lipinski definition) is 1. The fraction of sp³-hybridized carbons (Fsp3) is 0.333. The summed E-state index contributed by atoms with van der Waals surface area (Å²) in [7, 11) is -2.65. The fourth-order valence-electron chi connectivity index (χ4n) is 3.96. The Hall–Kier alpha value is -3.85. The Morgan fingerprint density at radius 2 is 1.62 bits per heavy atom. The van der Waals surface area contributed by atoms with Crippen LogP contribution in [0.2, 0.25) is 0 Å². The molecule has 8 nitrogen and oxygen atoms in total. The molecule has 0 aliphatic carbocycles. The molecule has 0 saturated heterocycles. The van der Waals surface area contributed by atoms with Gasteiger partial charge in [-0.1, -0.05) is 61.0 Å². The van der Waals surface area contributed by atoms with E-state index in [1.165, 1.54) is 24.1 Å². The van der Waals surface area contributed by atoms with Gasteiger partial charge in [0.25, 0.3) is 10.0 Å². The third-order valence-corrected chi connectivity index (χ3v) is 8.38. The van der Waals surface area contributed by atoms with E-state index in [1.807, 2.05) is 51.1 Å². The number of methoxy groups -OCH3 is 1. The van der Waals surface area contributed by atoms with Crippen LogP contribution in [0.5, 0.6) is 5.75 Å². The first-order valence-electron chi connectivity index (χ1n) is 12.9. The van der Waals surface area contributed by atoms with E-state index in [2.05, 4.69) is 5.32 Å². The fourth-order valence-corrected chi connectivity index (χ4v) is 5.37. The van der Waals surface area contributed by atoms with Crippen LogP contribution in [-0.2, 0) is 26.2 Å². The topological polar surface area (TPSA) is 96.0 Å². The number of carbonyl (C=O) groups is 2. The van der Waals surface area contributed by atoms with Crippen LogP contribution in [0.1, 0.15) is 38.3 Å². The molecule has 0 spiro atoms. The molecule has 0 unspecified atom stereocenters. The van der Waals surface area contributed by atoms with E-state index < -0.39 is 28.5 Å². The van der Waals surface area contributed by atoms with Crippen molar-refractivity contribution in [2.45, 2.75) is 57.6 Å². The Balaban J connectivity index is 2.03. The van der Waals surface area contributed by atoms with Crippen molar-refractivity contribution >= 4 is 27.5 Å². The zero-order chi connectivity index (χ0) is 28.6. The number of aryl methyl sites for hydroxylation is 1. The van der Waals surface area contributed by atoms with E-state index >= 15 is 0 Å². The van der Waals surface area contributed by atoms with Gasteiger partial charge in [0.15, 0.2) is 0 Å². The largest absolute Gasteiger partial charge is 0.497 e. The zero-order valence-electron chi connectivity index (χ0n) is 23.1. The molecular weight excluding hydrogens is 514 g/mol. The lowest BCUT2D eigenvalue weighted by Crippen LogP contribution is -2.52. The van der Waals surface area contributed by atoms with Crippen molar-refractivity contribution in [3.63, 3.8) is 0 Å². The van der Waals surface area contributed by atoms with Crippen LogP contribution in [0.15, 0.2) is 83.8 Å². The molecule has 208 valence electrons. The van der Waals surface area contributed by atoms with Crippen LogP contribution in [0.3, 0.4) is 0 Å². The molecule has 2 amide bonds. The van der Waals surface area contributed by atoms with E-state index in [0.29, 0.717) is 5.75 Å². The lowest BCUT2D eigenvalue weighted by molar-refractivity contribution is -0.139. The van der Waals surface area contributed by atoms with Gasteiger partial charge in [-0.2, -0.15) is 0 Å². The standard InChI is InChI=1S/C30H37N3O5S/c1-6-23(3)31-30(35)24(4)32(20-25-11-8-7-9-12-25)29(34)21-33(26-13-10-14-27(19-26)38-5)39(36,37)28-17-15-22(2)16-18-28/h7-19,23-24H,6,20-21H2,1-5H3,(H,31,35)/t23-,24-/m0/s1. The second-order valence-electron chi connectivity index (χ2n) is 9.53. The van der Waals surface area contributed by atoms with Gasteiger partial charge in [0.1, 0.15) is 18.3 Å². The summed E-state index contributed by atoms with van der Waals surface area (Å²) < 4.78 is 34.2. The molecule has 0 bridgehead atoms. The Morgan fingerprint density at radius 1 is 0.949 bits per heavy atom. The average Bonchev–Trinajstić information content (AvgIpc) is 2.94. The number of nitrogens with zero attached hydrogens (tertiary/aromatic N) is 2. The number of ether oxygens (including phenoxy) is 1. The molecule has 2 atom stereocenters. The molecule has 39 heavy (non-hydrogen) atoms. The van der Waals surface area contributed by atoms with Crippen LogP contribution in [0.25, 0.3) is 0 Å². The molecule has 1 N–H and O–H groups in total. The summed E-state index contributed by atoms with van der Waals surface area (Å²) in [6.07, 6.45) is 0.740. The number of sulfonamides is 1. The summed E-state index contributed by atoms with van der Waals surface area (Å²) in [5, 5.41) is 2.93. The normalized spacial score (nSPS) is 12.7. The Kier molecular flexibility index (Phi) is 10.1. The monoisotopic (exact) mass is 551 g/mol. The summed E-state index contributed by atoms with van der Waals surface area (Å²) >= 11 is 0. The van der Waals surface area contributed by atoms with Crippen molar-refractivity contribution in [1.29, 1.82) is 0 Å². The van der Waals surface area contributed by atoms with E-state index in [9.17, 15) is 18.0 Å². The van der Waals surface area contributed by atoms with Gasteiger partial charge in [-0.25, -0.2) is 8.42 Å². The maximum atomic E-state index is 13.9. The Bertz CT molecular complexity index is 1360. The smallest absolute Gasteiger partial charge is 0.264 e. The molecule has 0 aliphatic heterocycles. The lowest BCUT2D eigenvalue weighted by atomic mass is 10.1. The Labute approximate surface area is 231 Å². The third-order valence-electron chi connectivity index (χ3n) is 6.59. The van der Waals surface area contributed by atoms with Gasteiger partial charge in [0.2, 0.25) is 11.8 Å². The molecule has 3 aromatic carbocycles. The second kappa shape index (κ2) is 13.3. The molecule has 9 heteroatoms. The van der Waals surface area contributed by atoms with Gasteiger partial charge in [-0.3, -0.25) is 13.9 Å². The molecule has 3 aromatic rings. The number of nitrogens with one attached hydrogen (secondary N) is 1. The van der Waals surface area contributed by atoms with Crippen molar-refractivity contribution in [2.75, 3.05) is 18.0 Å². The molecule has 0 aromatic heterocycles. The molecule has 0 radical (unpaired) electrons. The minimum absolute atomic E-state index is 0.0564. The van der Waals surface area contributed by atoms with Crippen molar-refractivity contribution in [2.24, 2.45) is 0 Å². The van der Waals surface area contributed by atoms with E-state index in [1.54, 1.807) is 43.3 Å². The first-order chi connectivity index (χ1) is 18.6.